The Morgan fingerprint density at radius 3 is 2.56 bits per heavy atom. The van der Waals surface area contributed by atoms with Crippen molar-refractivity contribution >= 4 is 6.16 Å². The van der Waals surface area contributed by atoms with Crippen molar-refractivity contribution in [2.24, 2.45) is 46.3 Å². The summed E-state index contributed by atoms with van der Waals surface area (Å²) in [4.78, 5) is 11.6. The Bertz CT molecular complexity index is 711. The molecule has 0 amide bonds. The predicted molar refractivity (Wildman–Crippen MR) is 130 cm³/mol. The molecule has 0 aromatic heterocycles. The Hall–Kier alpha value is -0.990. The quantitative estimate of drug-likeness (QED) is 0.306. The molecule has 3 heteroatoms. The second-order valence-electron chi connectivity index (χ2n) is 12.7. The van der Waals surface area contributed by atoms with Gasteiger partial charge in [0, 0.05) is 6.42 Å². The molecule has 0 saturated heterocycles. The third kappa shape index (κ3) is 4.27. The summed E-state index contributed by atoms with van der Waals surface area (Å²) in [6.07, 6.45) is 16.2. The van der Waals surface area contributed by atoms with Crippen molar-refractivity contribution in [3.05, 3.63) is 11.6 Å². The first-order valence-electron chi connectivity index (χ1n) is 13.6. The van der Waals surface area contributed by atoms with Crippen molar-refractivity contribution in [2.45, 2.75) is 111 Å². The van der Waals surface area contributed by atoms with E-state index in [0.717, 1.165) is 54.8 Å². The number of hydrogen-bond acceptors (Lipinski definition) is 3. The average molecular weight is 445 g/mol. The van der Waals surface area contributed by atoms with Crippen LogP contribution in [0.3, 0.4) is 0 Å². The van der Waals surface area contributed by atoms with Gasteiger partial charge in [-0.25, -0.2) is 4.79 Å². The number of fused-ring (bicyclic) bond motifs is 5. The van der Waals surface area contributed by atoms with Crippen LogP contribution in [0.2, 0.25) is 0 Å². The van der Waals surface area contributed by atoms with Crippen LogP contribution in [0.4, 0.5) is 4.79 Å². The third-order valence-corrected chi connectivity index (χ3v) is 10.7. The second-order valence-corrected chi connectivity index (χ2v) is 12.7. The van der Waals surface area contributed by atoms with Crippen molar-refractivity contribution in [3.8, 4) is 0 Å². The van der Waals surface area contributed by atoms with Gasteiger partial charge in [0.05, 0.1) is 7.11 Å². The van der Waals surface area contributed by atoms with Gasteiger partial charge in [-0.3, -0.25) is 0 Å². The van der Waals surface area contributed by atoms with Crippen LogP contribution in [-0.4, -0.2) is 19.4 Å². The molecule has 32 heavy (non-hydrogen) atoms. The summed E-state index contributed by atoms with van der Waals surface area (Å²) in [5.74, 6) is 5.20. The topological polar surface area (TPSA) is 35.5 Å². The predicted octanol–water partition coefficient (Wildman–Crippen LogP) is 8.18. The lowest BCUT2D eigenvalue weighted by Crippen LogP contribution is -2.51. The van der Waals surface area contributed by atoms with Crippen molar-refractivity contribution in [1.29, 1.82) is 0 Å². The molecule has 0 spiro atoms. The zero-order valence-corrected chi connectivity index (χ0v) is 21.6. The Morgan fingerprint density at radius 2 is 1.84 bits per heavy atom. The van der Waals surface area contributed by atoms with Crippen molar-refractivity contribution in [3.63, 3.8) is 0 Å². The number of rotatable bonds is 6. The van der Waals surface area contributed by atoms with Gasteiger partial charge < -0.3 is 9.47 Å². The minimum absolute atomic E-state index is 0.00488. The van der Waals surface area contributed by atoms with Gasteiger partial charge in [-0.15, -0.1) is 0 Å². The van der Waals surface area contributed by atoms with Crippen molar-refractivity contribution in [1.82, 2.24) is 0 Å². The first kappa shape index (κ1) is 24.1. The summed E-state index contributed by atoms with van der Waals surface area (Å²) < 4.78 is 10.3. The van der Waals surface area contributed by atoms with Crippen LogP contribution in [0.1, 0.15) is 105 Å². The van der Waals surface area contributed by atoms with Gasteiger partial charge in [-0.2, -0.15) is 0 Å². The van der Waals surface area contributed by atoms with E-state index in [2.05, 4.69) is 40.7 Å². The Balaban J connectivity index is 1.45. The summed E-state index contributed by atoms with van der Waals surface area (Å²) in [5.41, 5.74) is 2.42. The monoisotopic (exact) mass is 444 g/mol. The normalized spacial score (nSPS) is 41.8. The molecule has 8 atom stereocenters. The highest BCUT2D eigenvalue weighted by Crippen LogP contribution is 2.67. The first-order valence-corrected chi connectivity index (χ1v) is 13.6. The van der Waals surface area contributed by atoms with E-state index in [4.69, 9.17) is 9.47 Å². The highest BCUT2D eigenvalue weighted by molar-refractivity contribution is 5.59. The summed E-state index contributed by atoms with van der Waals surface area (Å²) in [7, 11) is 1.40. The van der Waals surface area contributed by atoms with Crippen molar-refractivity contribution < 1.29 is 14.3 Å². The van der Waals surface area contributed by atoms with E-state index in [1.807, 2.05) is 0 Å². The number of hydrogen-bond donors (Lipinski definition) is 0. The van der Waals surface area contributed by atoms with Crippen LogP contribution >= 0.6 is 0 Å². The maximum Gasteiger partial charge on any atom is 0.508 e. The smallest absolute Gasteiger partial charge is 0.438 e. The highest BCUT2D eigenvalue weighted by Gasteiger charge is 2.59. The third-order valence-electron chi connectivity index (χ3n) is 10.7. The van der Waals surface area contributed by atoms with E-state index >= 15 is 0 Å². The van der Waals surface area contributed by atoms with Gasteiger partial charge in [0.15, 0.2) is 0 Å². The fourth-order valence-electron chi connectivity index (χ4n) is 8.94. The largest absolute Gasteiger partial charge is 0.508 e. The number of carbonyl (C=O) groups is 1. The number of carbonyl (C=O) groups excluding carboxylic acids is 1. The van der Waals surface area contributed by atoms with E-state index in [1.165, 1.54) is 58.5 Å². The molecule has 0 aromatic carbocycles. The summed E-state index contributed by atoms with van der Waals surface area (Å²) in [6.45, 7) is 12.5. The van der Waals surface area contributed by atoms with Crippen LogP contribution in [0.15, 0.2) is 11.6 Å². The maximum atomic E-state index is 11.6. The minimum atomic E-state index is -0.527. The SMILES string of the molecule is COC(=O)O[C@H]1CC[C@@]2(C)C(=CCC3C2CC[C@@]2(C)C3CC[C@@H]2C(C)CCCC(C)C)C1. The van der Waals surface area contributed by atoms with E-state index < -0.39 is 6.16 Å². The lowest BCUT2D eigenvalue weighted by Gasteiger charge is -2.58. The molecule has 0 aliphatic heterocycles. The summed E-state index contributed by atoms with van der Waals surface area (Å²) >= 11 is 0. The average Bonchev–Trinajstić information content (AvgIpc) is 3.11. The van der Waals surface area contributed by atoms with Gasteiger partial charge in [-0.05, 0) is 91.3 Å². The molecule has 4 unspecified atom stereocenters. The first-order chi connectivity index (χ1) is 15.2. The Morgan fingerprint density at radius 1 is 1.06 bits per heavy atom. The van der Waals surface area contributed by atoms with E-state index in [0.29, 0.717) is 10.8 Å². The van der Waals surface area contributed by atoms with Crippen LogP contribution in [0.25, 0.3) is 0 Å². The Labute approximate surface area is 197 Å². The number of allylic oxidation sites excluding steroid dienone is 1. The molecule has 0 radical (unpaired) electrons. The maximum absolute atomic E-state index is 11.6. The van der Waals surface area contributed by atoms with Crippen LogP contribution in [0.5, 0.6) is 0 Å². The van der Waals surface area contributed by atoms with Gasteiger partial charge in [-0.1, -0.05) is 65.5 Å². The zero-order valence-electron chi connectivity index (χ0n) is 21.6. The van der Waals surface area contributed by atoms with Gasteiger partial charge in [0.25, 0.3) is 0 Å². The lowest BCUT2D eigenvalue weighted by molar-refractivity contribution is -0.0608. The second kappa shape index (κ2) is 9.34. The van der Waals surface area contributed by atoms with E-state index in [-0.39, 0.29) is 6.10 Å². The molecule has 4 rings (SSSR count). The molecule has 4 aliphatic rings. The molecule has 0 N–H and O–H groups in total. The molecular formula is C29H48O3. The molecule has 3 fully saturated rings. The fourth-order valence-corrected chi connectivity index (χ4v) is 8.94. The number of methoxy groups -OCH3 is 1. The molecule has 4 aliphatic carbocycles. The molecular weight excluding hydrogens is 396 g/mol. The van der Waals surface area contributed by atoms with Gasteiger partial charge in [0.1, 0.15) is 6.10 Å². The van der Waals surface area contributed by atoms with Gasteiger partial charge >= 0.3 is 6.16 Å². The molecule has 0 bridgehead atoms. The molecule has 3 saturated carbocycles. The van der Waals surface area contributed by atoms with Gasteiger partial charge in [0.2, 0.25) is 0 Å². The summed E-state index contributed by atoms with van der Waals surface area (Å²) in [6, 6.07) is 0. The summed E-state index contributed by atoms with van der Waals surface area (Å²) in [5, 5.41) is 0. The fraction of sp³-hybridized carbons (Fsp3) is 0.897. The van der Waals surface area contributed by atoms with Crippen LogP contribution in [-0.2, 0) is 9.47 Å². The molecule has 0 heterocycles. The highest BCUT2D eigenvalue weighted by atomic mass is 16.7. The van der Waals surface area contributed by atoms with Crippen LogP contribution in [0, 0.1) is 46.3 Å². The number of ether oxygens (including phenoxy) is 2. The molecule has 3 nitrogen and oxygen atoms in total. The minimum Gasteiger partial charge on any atom is -0.438 e. The lowest BCUT2D eigenvalue weighted by atomic mass is 9.47. The zero-order chi connectivity index (χ0) is 23.1. The van der Waals surface area contributed by atoms with Crippen LogP contribution < -0.4 is 0 Å². The standard InChI is InChI=1S/C29H48O3/c1-19(2)8-7-9-20(3)24-12-13-25-23-11-10-21-18-22(32-27(30)31-6)14-16-28(21,4)26(23)15-17-29(24,25)5/h10,19-20,22-26H,7-9,11-18H2,1-6H3/t20?,22-,23?,24+,25?,26?,28-,29+/m0/s1. The molecule has 182 valence electrons. The van der Waals surface area contributed by atoms with E-state index in [9.17, 15) is 4.79 Å². The van der Waals surface area contributed by atoms with Crippen molar-refractivity contribution in [2.75, 3.05) is 7.11 Å². The molecule has 0 aromatic rings. The Kier molecular flexibility index (Phi) is 7.04. The van der Waals surface area contributed by atoms with E-state index in [1.54, 1.807) is 5.57 Å².